The molecule has 0 saturated carbocycles. The Morgan fingerprint density at radius 2 is 1.60 bits per heavy atom. The van der Waals surface area contributed by atoms with Crippen molar-refractivity contribution in [3.05, 3.63) is 150 Å². The van der Waals surface area contributed by atoms with E-state index in [-0.39, 0.29) is 38.4 Å². The maximum Gasteiger partial charge on any atom is 0.187 e. The lowest BCUT2D eigenvalue weighted by atomic mass is 9.86. The summed E-state index contributed by atoms with van der Waals surface area (Å²) in [5, 5.41) is 12.9. The standard InChI is InChI=1S/C50H59O7P/c1-11-18-35(49(4,5)6)29-30-53-32-38(55-48(52-10)34(2)3)33-54-47-42-22-13-12-20-40(42)44(57-56-37-27-25-36(26-28-37)50(7,8)9)31-46(47)58-45-24-17-15-21-41(45)39-19-14-16-23-43(39)51/h11-12,14-21,23-31,38,48,51,58H,1-2,13,22,32-33H2,3-10H3/b30-29-,35-18+. The number of para-hydroxylation sites is 1. The minimum Gasteiger partial charge on any atom is -0.507 e. The number of allylic oxidation sites excluding steroid dienone is 5. The van der Waals surface area contributed by atoms with Gasteiger partial charge in [0.25, 0.3) is 0 Å². The first-order chi connectivity index (χ1) is 27.7. The highest BCUT2D eigenvalue weighted by Gasteiger charge is 2.26. The van der Waals surface area contributed by atoms with Gasteiger partial charge in [-0.15, -0.1) is 0 Å². The van der Waals surface area contributed by atoms with E-state index in [0.717, 1.165) is 62.6 Å². The molecule has 4 aromatic rings. The van der Waals surface area contributed by atoms with Crippen LogP contribution in [0.25, 0.3) is 17.2 Å². The number of aromatic hydroxyl groups is 1. The van der Waals surface area contributed by atoms with Crippen LogP contribution in [0.4, 0.5) is 0 Å². The molecule has 0 saturated heterocycles. The van der Waals surface area contributed by atoms with Gasteiger partial charge in [-0.2, -0.15) is 0 Å². The van der Waals surface area contributed by atoms with Crippen LogP contribution in [0.1, 0.15) is 71.6 Å². The van der Waals surface area contributed by atoms with Gasteiger partial charge in [-0.3, -0.25) is 9.78 Å². The van der Waals surface area contributed by atoms with Crippen LogP contribution in [0.15, 0.2) is 134 Å². The van der Waals surface area contributed by atoms with Crippen molar-refractivity contribution in [1.82, 2.24) is 0 Å². The molecule has 1 N–H and O–H groups in total. The Hall–Kier alpha value is -5.07. The summed E-state index contributed by atoms with van der Waals surface area (Å²) in [6, 6.07) is 25.5. The molecule has 3 atom stereocenters. The lowest BCUT2D eigenvalue weighted by Crippen LogP contribution is -2.33. The Balaban J connectivity index is 1.53. The molecule has 7 nitrogen and oxygen atoms in total. The molecule has 0 spiro atoms. The summed E-state index contributed by atoms with van der Waals surface area (Å²) < 4.78 is 25.0. The highest BCUT2D eigenvalue weighted by Crippen LogP contribution is 2.39. The molecule has 1 aliphatic carbocycles. The van der Waals surface area contributed by atoms with Crippen molar-refractivity contribution in [2.24, 2.45) is 5.41 Å². The number of ether oxygens (including phenoxy) is 4. The zero-order chi connectivity index (χ0) is 41.9. The van der Waals surface area contributed by atoms with Crippen molar-refractivity contribution in [1.29, 1.82) is 0 Å². The minimum atomic E-state index is -0.652. The monoisotopic (exact) mass is 802 g/mol. The van der Waals surface area contributed by atoms with Gasteiger partial charge in [0.1, 0.15) is 30.8 Å². The summed E-state index contributed by atoms with van der Waals surface area (Å²) >= 11 is 0. The third-order valence-corrected chi connectivity index (χ3v) is 11.1. The van der Waals surface area contributed by atoms with Crippen molar-refractivity contribution in [2.45, 2.75) is 79.1 Å². The van der Waals surface area contributed by atoms with E-state index in [9.17, 15) is 5.11 Å². The van der Waals surface area contributed by atoms with Gasteiger partial charge in [-0.1, -0.05) is 142 Å². The second kappa shape index (κ2) is 20.1. The quantitative estimate of drug-likeness (QED) is 0.0204. The molecular weight excluding hydrogens is 744 g/mol. The number of benzene rings is 4. The van der Waals surface area contributed by atoms with Gasteiger partial charge >= 0.3 is 0 Å². The zero-order valence-corrected chi connectivity index (χ0v) is 36.3. The fourth-order valence-corrected chi connectivity index (χ4v) is 7.85. The number of phenols is 1. The Labute approximate surface area is 347 Å². The average molecular weight is 803 g/mol. The van der Waals surface area contributed by atoms with Gasteiger partial charge in [0, 0.05) is 29.1 Å². The number of hydrogen-bond acceptors (Lipinski definition) is 7. The predicted octanol–water partition coefficient (Wildman–Crippen LogP) is 11.3. The number of fused-ring (bicyclic) bond motifs is 1. The average Bonchev–Trinajstić information content (AvgIpc) is 3.19. The van der Waals surface area contributed by atoms with Crippen LogP contribution in [-0.4, -0.2) is 37.8 Å². The Kier molecular flexibility index (Phi) is 15.2. The van der Waals surface area contributed by atoms with Crippen molar-refractivity contribution in [3.8, 4) is 34.1 Å². The molecule has 4 aromatic carbocycles. The van der Waals surface area contributed by atoms with Crippen LogP contribution in [-0.2, 0) is 26.0 Å². The van der Waals surface area contributed by atoms with Crippen molar-refractivity contribution in [3.63, 3.8) is 0 Å². The molecule has 1 aliphatic rings. The Morgan fingerprint density at radius 3 is 2.26 bits per heavy atom. The van der Waals surface area contributed by atoms with Crippen LogP contribution < -0.4 is 25.1 Å². The van der Waals surface area contributed by atoms with E-state index in [1.54, 1.807) is 25.5 Å². The van der Waals surface area contributed by atoms with Gasteiger partial charge < -0.3 is 24.1 Å². The first-order valence-corrected chi connectivity index (χ1v) is 20.7. The van der Waals surface area contributed by atoms with Crippen LogP contribution >= 0.6 is 8.58 Å². The SMILES string of the molecule is C=C/C=C(\C=C/OCC(COc1c(Pc2ccccc2-c2ccccc2O)cc(OOc2ccc(C(C)(C)C)cc2)c2c1CCC=C2)OC(OC)C(=C)C)C(C)(C)C. The smallest absolute Gasteiger partial charge is 0.187 e. The second-order valence-corrected chi connectivity index (χ2v) is 17.8. The van der Waals surface area contributed by atoms with Gasteiger partial charge in [-0.25, -0.2) is 0 Å². The molecule has 0 aliphatic heterocycles. The molecule has 58 heavy (non-hydrogen) atoms. The van der Waals surface area contributed by atoms with Gasteiger partial charge in [0.05, 0.1) is 6.26 Å². The first-order valence-electron chi connectivity index (χ1n) is 19.7. The molecule has 306 valence electrons. The molecule has 0 amide bonds. The van der Waals surface area contributed by atoms with E-state index in [1.807, 2.05) is 73.7 Å². The number of hydrogen-bond donors (Lipinski definition) is 1. The zero-order valence-electron chi connectivity index (χ0n) is 35.3. The van der Waals surface area contributed by atoms with Crippen LogP contribution in [0.3, 0.4) is 0 Å². The molecule has 8 heteroatoms. The van der Waals surface area contributed by atoms with E-state index < -0.39 is 12.4 Å². The lowest BCUT2D eigenvalue weighted by Gasteiger charge is -2.27. The number of phenolic OH excluding ortho intramolecular Hbond substituents is 1. The summed E-state index contributed by atoms with van der Waals surface area (Å²) in [5.74, 6) is 2.16. The summed E-state index contributed by atoms with van der Waals surface area (Å²) in [6.45, 7) is 23.2. The summed E-state index contributed by atoms with van der Waals surface area (Å²) in [5.41, 5.74) is 6.55. The minimum absolute atomic E-state index is 0.0160. The topological polar surface area (TPSA) is 75.6 Å². The fourth-order valence-electron chi connectivity index (χ4n) is 6.49. The molecular formula is C50H59O7P. The van der Waals surface area contributed by atoms with E-state index in [0.29, 0.717) is 11.5 Å². The van der Waals surface area contributed by atoms with Crippen molar-refractivity contribution >= 4 is 25.3 Å². The third kappa shape index (κ3) is 11.8. The highest BCUT2D eigenvalue weighted by atomic mass is 31.1. The molecule has 0 heterocycles. The molecule has 0 aromatic heterocycles. The molecule has 0 radical (unpaired) electrons. The predicted molar refractivity (Wildman–Crippen MR) is 240 cm³/mol. The lowest BCUT2D eigenvalue weighted by molar-refractivity contribution is -0.151. The molecule has 0 bridgehead atoms. The highest BCUT2D eigenvalue weighted by molar-refractivity contribution is 7.56. The van der Waals surface area contributed by atoms with Crippen LogP contribution in [0.5, 0.6) is 23.0 Å². The number of rotatable bonds is 18. The van der Waals surface area contributed by atoms with E-state index in [4.69, 9.17) is 28.7 Å². The van der Waals surface area contributed by atoms with Crippen LogP contribution in [0.2, 0.25) is 0 Å². The van der Waals surface area contributed by atoms with E-state index in [2.05, 4.69) is 85.1 Å². The molecule has 0 fully saturated rings. The maximum absolute atomic E-state index is 10.9. The molecule has 3 unspecified atom stereocenters. The summed E-state index contributed by atoms with van der Waals surface area (Å²) in [7, 11) is 1.73. The third-order valence-electron chi connectivity index (χ3n) is 9.70. The summed E-state index contributed by atoms with van der Waals surface area (Å²) in [6.07, 6.45) is 12.0. The number of methoxy groups -OCH3 is 1. The van der Waals surface area contributed by atoms with Gasteiger partial charge in [0.2, 0.25) is 0 Å². The van der Waals surface area contributed by atoms with Crippen molar-refractivity contribution in [2.75, 3.05) is 20.3 Å². The van der Waals surface area contributed by atoms with Gasteiger partial charge in [0.15, 0.2) is 17.8 Å². The maximum atomic E-state index is 10.9. The van der Waals surface area contributed by atoms with Gasteiger partial charge in [-0.05, 0) is 88.5 Å². The fraction of sp³-hybridized carbons (Fsp3) is 0.320. The molecule has 5 rings (SSSR count). The normalized spacial score (nSPS) is 14.3. The van der Waals surface area contributed by atoms with Crippen molar-refractivity contribution < 1.29 is 33.8 Å². The Morgan fingerprint density at radius 1 is 0.897 bits per heavy atom. The first kappa shape index (κ1) is 44.0. The van der Waals surface area contributed by atoms with E-state index >= 15 is 0 Å². The van der Waals surface area contributed by atoms with Crippen LogP contribution in [0, 0.1) is 5.41 Å². The summed E-state index contributed by atoms with van der Waals surface area (Å²) in [4.78, 5) is 12.2. The van der Waals surface area contributed by atoms with E-state index in [1.165, 1.54) is 5.56 Å². The largest absolute Gasteiger partial charge is 0.507 e. The second-order valence-electron chi connectivity index (χ2n) is 16.4. The Bertz CT molecular complexity index is 2120.